The number of fused-ring (bicyclic) bond motifs is 1. The smallest absolute Gasteiger partial charge is 0.237 e. The molecule has 2 heterocycles. The van der Waals surface area contributed by atoms with Crippen molar-refractivity contribution in [3.8, 4) is 0 Å². The highest BCUT2D eigenvalue weighted by molar-refractivity contribution is 8.00. The van der Waals surface area contributed by atoms with E-state index in [0.717, 1.165) is 36.1 Å². The van der Waals surface area contributed by atoms with Crippen molar-refractivity contribution in [3.05, 3.63) is 35.7 Å². The van der Waals surface area contributed by atoms with E-state index in [4.69, 9.17) is 0 Å². The number of rotatable bonds is 4. The zero-order valence-corrected chi connectivity index (χ0v) is 14.4. The van der Waals surface area contributed by atoms with Crippen LogP contribution in [0.2, 0.25) is 0 Å². The van der Waals surface area contributed by atoms with Crippen LogP contribution in [0.1, 0.15) is 37.6 Å². The number of aromatic nitrogens is 3. The van der Waals surface area contributed by atoms with E-state index in [-0.39, 0.29) is 11.2 Å². The van der Waals surface area contributed by atoms with Crippen molar-refractivity contribution >= 4 is 23.4 Å². The monoisotopic (exact) mass is 330 g/mol. The van der Waals surface area contributed by atoms with Gasteiger partial charge < -0.3 is 9.88 Å². The number of nitrogens with one attached hydrogen (secondary N) is 1. The minimum atomic E-state index is -0.215. The van der Waals surface area contributed by atoms with Crippen LogP contribution in [0.4, 0.5) is 5.69 Å². The van der Waals surface area contributed by atoms with E-state index >= 15 is 0 Å². The Labute approximate surface area is 140 Å². The summed E-state index contributed by atoms with van der Waals surface area (Å²) in [6.07, 6.45) is 4.54. The van der Waals surface area contributed by atoms with Crippen molar-refractivity contribution < 1.29 is 4.79 Å². The molecule has 122 valence electrons. The van der Waals surface area contributed by atoms with E-state index < -0.39 is 0 Å². The van der Waals surface area contributed by atoms with Gasteiger partial charge in [0.25, 0.3) is 0 Å². The van der Waals surface area contributed by atoms with E-state index in [1.807, 2.05) is 38.1 Å². The van der Waals surface area contributed by atoms with Crippen LogP contribution in [0.5, 0.6) is 0 Å². The molecular weight excluding hydrogens is 308 g/mol. The minimum absolute atomic E-state index is 0.00942. The van der Waals surface area contributed by atoms with Gasteiger partial charge in [0.1, 0.15) is 5.82 Å². The number of aryl methyl sites for hydroxylation is 2. The van der Waals surface area contributed by atoms with Crippen molar-refractivity contribution in [3.63, 3.8) is 0 Å². The zero-order valence-electron chi connectivity index (χ0n) is 13.6. The highest BCUT2D eigenvalue weighted by Crippen LogP contribution is 2.26. The largest absolute Gasteiger partial charge is 0.325 e. The molecule has 0 saturated carbocycles. The quantitative estimate of drug-likeness (QED) is 0.873. The van der Waals surface area contributed by atoms with Gasteiger partial charge >= 0.3 is 0 Å². The second-order valence-corrected chi connectivity index (χ2v) is 7.28. The molecular formula is C17H22N4OS. The Hall–Kier alpha value is -1.82. The van der Waals surface area contributed by atoms with Gasteiger partial charge in [0, 0.05) is 18.7 Å². The number of benzene rings is 1. The predicted octanol–water partition coefficient (Wildman–Crippen LogP) is 3.43. The summed E-state index contributed by atoms with van der Waals surface area (Å²) in [5.74, 6) is 1.04. The van der Waals surface area contributed by atoms with Crippen molar-refractivity contribution in [1.82, 2.24) is 14.8 Å². The van der Waals surface area contributed by atoms with Gasteiger partial charge in [-0.2, -0.15) is 0 Å². The van der Waals surface area contributed by atoms with Gasteiger partial charge in [0.15, 0.2) is 5.16 Å². The highest BCUT2D eigenvalue weighted by Gasteiger charge is 2.21. The molecule has 6 heteroatoms. The number of anilines is 1. The molecule has 0 fully saturated rings. The average molecular weight is 330 g/mol. The summed E-state index contributed by atoms with van der Waals surface area (Å²) in [7, 11) is 0. The number of thioether (sulfide) groups is 1. The third-order valence-electron chi connectivity index (χ3n) is 4.05. The number of carbonyl (C=O) groups excluding carboxylic acids is 1. The fourth-order valence-corrected chi connectivity index (χ4v) is 3.53. The standard InChI is InChI=1S/C17H22N4OS/c1-12-7-9-14(10-8-12)18-16(22)13(2)23-17-20-19-15-6-4-3-5-11-21(15)17/h7-10,13H,3-6,11H2,1-2H3,(H,18,22)/t13-/m1/s1. The molecule has 1 atom stereocenters. The maximum Gasteiger partial charge on any atom is 0.237 e. The molecule has 3 rings (SSSR count). The molecule has 1 N–H and O–H groups in total. The molecule has 0 bridgehead atoms. The summed E-state index contributed by atoms with van der Waals surface area (Å²) in [6.45, 7) is 4.89. The summed E-state index contributed by atoms with van der Waals surface area (Å²) >= 11 is 1.48. The van der Waals surface area contributed by atoms with Crippen LogP contribution in [0.15, 0.2) is 29.4 Å². The van der Waals surface area contributed by atoms with Crippen LogP contribution in [0.3, 0.4) is 0 Å². The summed E-state index contributed by atoms with van der Waals surface area (Å²) in [6, 6.07) is 7.83. The summed E-state index contributed by atoms with van der Waals surface area (Å²) in [5, 5.41) is 12.2. The van der Waals surface area contributed by atoms with Gasteiger partial charge in [0.2, 0.25) is 5.91 Å². The van der Waals surface area contributed by atoms with Crippen LogP contribution in [-0.2, 0) is 17.8 Å². The second kappa shape index (κ2) is 7.17. The molecule has 5 nitrogen and oxygen atoms in total. The molecule has 23 heavy (non-hydrogen) atoms. The first-order valence-electron chi connectivity index (χ1n) is 8.10. The molecule has 1 aliphatic rings. The fraction of sp³-hybridized carbons (Fsp3) is 0.471. The van der Waals surface area contributed by atoms with Crippen molar-refractivity contribution in [1.29, 1.82) is 0 Å². The lowest BCUT2D eigenvalue weighted by atomic mass is 10.2. The number of carbonyl (C=O) groups is 1. The van der Waals surface area contributed by atoms with Gasteiger partial charge in [0.05, 0.1) is 5.25 Å². The Morgan fingerprint density at radius 3 is 2.78 bits per heavy atom. The molecule has 1 amide bonds. The third kappa shape index (κ3) is 3.93. The summed E-state index contributed by atoms with van der Waals surface area (Å²) < 4.78 is 2.17. The van der Waals surface area contributed by atoms with E-state index in [2.05, 4.69) is 20.1 Å². The van der Waals surface area contributed by atoms with Crippen molar-refractivity contribution in [2.45, 2.75) is 56.5 Å². The Kier molecular flexibility index (Phi) is 5.00. The Bertz CT molecular complexity index is 680. The second-order valence-electron chi connectivity index (χ2n) is 5.98. The van der Waals surface area contributed by atoms with Gasteiger partial charge in [-0.05, 0) is 38.8 Å². The Morgan fingerprint density at radius 1 is 1.22 bits per heavy atom. The SMILES string of the molecule is Cc1ccc(NC(=O)[C@@H](C)Sc2nnc3n2CCCCC3)cc1. The average Bonchev–Trinajstić information content (AvgIpc) is 2.77. The van der Waals surface area contributed by atoms with E-state index in [0.29, 0.717) is 0 Å². The van der Waals surface area contributed by atoms with Crippen molar-refractivity contribution in [2.24, 2.45) is 0 Å². The van der Waals surface area contributed by atoms with Crippen LogP contribution in [-0.4, -0.2) is 25.9 Å². The maximum atomic E-state index is 12.4. The number of hydrogen-bond donors (Lipinski definition) is 1. The molecule has 0 saturated heterocycles. The molecule has 0 aliphatic carbocycles. The van der Waals surface area contributed by atoms with Crippen LogP contribution in [0, 0.1) is 6.92 Å². The van der Waals surface area contributed by atoms with Gasteiger partial charge in [-0.15, -0.1) is 10.2 Å². The van der Waals surface area contributed by atoms with E-state index in [9.17, 15) is 4.79 Å². The number of nitrogens with zero attached hydrogens (tertiary/aromatic N) is 3. The first-order valence-corrected chi connectivity index (χ1v) is 8.98. The third-order valence-corrected chi connectivity index (χ3v) is 5.13. The van der Waals surface area contributed by atoms with Gasteiger partial charge in [-0.1, -0.05) is 35.9 Å². The summed E-state index contributed by atoms with van der Waals surface area (Å²) in [4.78, 5) is 12.4. The molecule has 1 aromatic heterocycles. The molecule has 0 spiro atoms. The summed E-state index contributed by atoms with van der Waals surface area (Å²) in [5.41, 5.74) is 2.00. The lowest BCUT2D eigenvalue weighted by Gasteiger charge is -2.13. The lowest BCUT2D eigenvalue weighted by Crippen LogP contribution is -2.23. The van der Waals surface area contributed by atoms with Gasteiger partial charge in [-0.25, -0.2) is 0 Å². The molecule has 0 radical (unpaired) electrons. The number of amides is 1. The molecule has 2 aromatic rings. The number of hydrogen-bond acceptors (Lipinski definition) is 4. The molecule has 0 unspecified atom stereocenters. The normalized spacial score (nSPS) is 15.6. The van der Waals surface area contributed by atoms with E-state index in [1.54, 1.807) is 0 Å². The van der Waals surface area contributed by atoms with Crippen LogP contribution < -0.4 is 5.32 Å². The van der Waals surface area contributed by atoms with Crippen LogP contribution in [0.25, 0.3) is 0 Å². The first-order chi connectivity index (χ1) is 11.1. The Morgan fingerprint density at radius 2 is 2.00 bits per heavy atom. The predicted molar refractivity (Wildman–Crippen MR) is 92.7 cm³/mol. The fourth-order valence-electron chi connectivity index (χ4n) is 2.64. The van der Waals surface area contributed by atoms with Crippen molar-refractivity contribution in [2.75, 3.05) is 5.32 Å². The minimum Gasteiger partial charge on any atom is -0.325 e. The highest BCUT2D eigenvalue weighted by atomic mass is 32.2. The van der Waals surface area contributed by atoms with Gasteiger partial charge in [-0.3, -0.25) is 4.79 Å². The topological polar surface area (TPSA) is 59.8 Å². The van der Waals surface area contributed by atoms with E-state index in [1.165, 1.54) is 30.2 Å². The molecule has 1 aliphatic heterocycles. The van der Waals surface area contributed by atoms with Crippen LogP contribution >= 0.6 is 11.8 Å². The zero-order chi connectivity index (χ0) is 16.2. The maximum absolute atomic E-state index is 12.4. The Balaban J connectivity index is 1.64. The lowest BCUT2D eigenvalue weighted by molar-refractivity contribution is -0.115. The first kappa shape index (κ1) is 16.1. The molecule has 1 aromatic carbocycles.